The van der Waals surface area contributed by atoms with Crippen LogP contribution in [0, 0.1) is 47.3 Å². The third kappa shape index (κ3) is 3.79. The Balaban J connectivity index is 1.16. The molecule has 1 aliphatic heterocycles. The van der Waals surface area contributed by atoms with Gasteiger partial charge in [-0.2, -0.15) is 0 Å². The number of fused-ring (bicyclic) bond motifs is 8. The highest BCUT2D eigenvalue weighted by Gasteiger charge is 2.69. The predicted octanol–water partition coefficient (Wildman–Crippen LogP) is 8.22. The van der Waals surface area contributed by atoms with Gasteiger partial charge in [0.2, 0.25) is 0 Å². The molecule has 5 fully saturated rings. The lowest BCUT2D eigenvalue weighted by atomic mass is 10.1. The van der Waals surface area contributed by atoms with Gasteiger partial charge in [-0.1, -0.05) is 48.6 Å². The van der Waals surface area contributed by atoms with Crippen LogP contribution < -0.4 is 0 Å². The molecule has 0 spiro atoms. The molecule has 0 aromatic carbocycles. The highest BCUT2D eigenvalue weighted by Crippen LogP contribution is 2.63. The van der Waals surface area contributed by atoms with Crippen molar-refractivity contribution in [2.75, 3.05) is 0 Å². The Hall–Kier alpha value is -0.332. The molecule has 0 aromatic heterocycles. The van der Waals surface area contributed by atoms with Crippen molar-refractivity contribution >= 4 is 34.2 Å². The summed E-state index contributed by atoms with van der Waals surface area (Å²) in [5, 5.41) is 0. The molecule has 1 heterocycles. The zero-order valence-corrected chi connectivity index (χ0v) is 28.8. The molecule has 1 saturated heterocycles. The maximum absolute atomic E-state index is 7.93. The smallest absolute Gasteiger partial charge is 0.321 e. The van der Waals surface area contributed by atoms with Crippen LogP contribution in [-0.2, 0) is 16.5 Å². The molecule has 0 amide bonds. The van der Waals surface area contributed by atoms with Crippen LogP contribution in [0.15, 0.2) is 48.6 Å². The zero-order chi connectivity index (χ0) is 27.1. The van der Waals surface area contributed by atoms with E-state index in [1.54, 1.807) is 0 Å². The SMILES string of the molecule is C[Si]1(C2CC3C=CC2C3)O[Si](C)(C2CC3C=CC2C3)O[Si](C)(C2CC3C=CC2C3)O[Si](C)(C2CC3C=CC2C3)O1. The molecule has 8 bridgehead atoms. The molecule has 9 rings (SSSR count). The first-order chi connectivity index (χ1) is 19.1. The van der Waals surface area contributed by atoms with Crippen LogP contribution in [0.25, 0.3) is 0 Å². The third-order valence-corrected chi connectivity index (χ3v) is 34.4. The Morgan fingerprint density at radius 1 is 0.350 bits per heavy atom. The van der Waals surface area contributed by atoms with Gasteiger partial charge in [-0.15, -0.1) is 0 Å². The molecule has 4 nitrogen and oxygen atoms in total. The molecular formula is C32H48O4Si4. The average Bonchev–Trinajstić information content (AvgIpc) is 3.77. The summed E-state index contributed by atoms with van der Waals surface area (Å²) < 4.78 is 31.7. The second-order valence-corrected chi connectivity index (χ2v) is 30.4. The van der Waals surface area contributed by atoms with E-state index in [4.69, 9.17) is 16.5 Å². The van der Waals surface area contributed by atoms with Gasteiger partial charge in [-0.25, -0.2) is 0 Å². The summed E-state index contributed by atoms with van der Waals surface area (Å²) in [6.07, 6.45) is 30.2. The Morgan fingerprint density at radius 3 is 0.725 bits per heavy atom. The molecule has 8 aliphatic carbocycles. The van der Waals surface area contributed by atoms with Gasteiger partial charge in [0.05, 0.1) is 0 Å². The fraction of sp³-hybridized carbons (Fsp3) is 0.750. The fourth-order valence-electron chi connectivity index (χ4n) is 11.8. The Kier molecular flexibility index (Phi) is 5.64. The number of hydrogen-bond acceptors (Lipinski definition) is 4. The lowest BCUT2D eigenvalue weighted by Crippen LogP contribution is -2.72. The van der Waals surface area contributed by atoms with Crippen LogP contribution in [0.1, 0.15) is 51.4 Å². The van der Waals surface area contributed by atoms with Crippen molar-refractivity contribution < 1.29 is 16.5 Å². The van der Waals surface area contributed by atoms with Gasteiger partial charge in [0.25, 0.3) is 0 Å². The van der Waals surface area contributed by atoms with Crippen LogP contribution in [0.2, 0.25) is 48.4 Å². The standard InChI is InChI=1S/C32H48O4Si4/c1-37(29-17-21-5-9-25(29)13-21)33-38(2,30-18-22-6-10-26(30)14-22)35-40(4,32-20-24-8-12-28(32)16-24)36-39(3,34-37)31-19-23-7-11-27(31)15-23/h5-12,21-32H,13-20H2,1-4H3. The van der Waals surface area contributed by atoms with E-state index < -0.39 is 34.2 Å². The molecule has 0 aromatic rings. The Morgan fingerprint density at radius 2 is 0.575 bits per heavy atom. The van der Waals surface area contributed by atoms with Gasteiger partial charge >= 0.3 is 34.2 Å². The maximum atomic E-state index is 7.93. The molecular weight excluding hydrogens is 561 g/mol. The summed E-state index contributed by atoms with van der Waals surface area (Å²) >= 11 is 0. The monoisotopic (exact) mass is 608 g/mol. The molecule has 8 heteroatoms. The van der Waals surface area contributed by atoms with E-state index in [-0.39, 0.29) is 0 Å². The Labute approximate surface area is 245 Å². The molecule has 4 saturated carbocycles. The van der Waals surface area contributed by atoms with Crippen LogP contribution in [0.4, 0.5) is 0 Å². The quantitative estimate of drug-likeness (QED) is 0.238. The van der Waals surface area contributed by atoms with Crippen molar-refractivity contribution in [1.29, 1.82) is 0 Å². The number of hydrogen-bond donors (Lipinski definition) is 0. The molecule has 40 heavy (non-hydrogen) atoms. The van der Waals surface area contributed by atoms with Crippen LogP contribution >= 0.6 is 0 Å². The molecule has 12 unspecified atom stereocenters. The molecule has 12 atom stereocenters. The van der Waals surface area contributed by atoms with E-state index in [0.717, 1.165) is 23.7 Å². The van der Waals surface area contributed by atoms with Gasteiger partial charge in [0.15, 0.2) is 0 Å². The second kappa shape index (κ2) is 8.64. The summed E-state index contributed by atoms with van der Waals surface area (Å²) in [6.45, 7) is 9.91. The van der Waals surface area contributed by atoms with Crippen molar-refractivity contribution in [3.8, 4) is 0 Å². The van der Waals surface area contributed by atoms with Crippen molar-refractivity contribution in [1.82, 2.24) is 0 Å². The van der Waals surface area contributed by atoms with Gasteiger partial charge < -0.3 is 16.5 Å². The average molecular weight is 609 g/mol. The fourth-order valence-corrected chi connectivity index (χ4v) is 38.7. The number of allylic oxidation sites excluding steroid dienone is 8. The molecule has 0 radical (unpaired) electrons. The van der Waals surface area contributed by atoms with Crippen molar-refractivity contribution in [3.05, 3.63) is 48.6 Å². The van der Waals surface area contributed by atoms with Crippen molar-refractivity contribution in [3.63, 3.8) is 0 Å². The van der Waals surface area contributed by atoms with E-state index in [1.165, 1.54) is 51.4 Å². The molecule has 9 aliphatic rings. The largest absolute Gasteiger partial charge is 0.415 e. The lowest BCUT2D eigenvalue weighted by Gasteiger charge is -2.57. The summed E-state index contributed by atoms with van der Waals surface area (Å²) in [5.74, 6) is 5.36. The zero-order valence-electron chi connectivity index (χ0n) is 24.8. The van der Waals surface area contributed by atoms with Gasteiger partial charge in [-0.3, -0.25) is 0 Å². The van der Waals surface area contributed by atoms with Crippen LogP contribution in [0.3, 0.4) is 0 Å². The lowest BCUT2D eigenvalue weighted by molar-refractivity contribution is 0.188. The van der Waals surface area contributed by atoms with Crippen molar-refractivity contribution in [2.45, 2.75) is 99.7 Å². The summed E-state index contributed by atoms with van der Waals surface area (Å²) in [4.78, 5) is 0. The van der Waals surface area contributed by atoms with Gasteiger partial charge in [0.1, 0.15) is 0 Å². The topological polar surface area (TPSA) is 36.9 Å². The number of rotatable bonds is 4. The predicted molar refractivity (Wildman–Crippen MR) is 167 cm³/mol. The first-order valence-electron chi connectivity index (χ1n) is 16.7. The van der Waals surface area contributed by atoms with Gasteiger partial charge in [0, 0.05) is 22.2 Å². The maximum Gasteiger partial charge on any atom is 0.321 e. The summed E-state index contributed by atoms with van der Waals surface area (Å²) in [6, 6.07) is 0. The van der Waals surface area contributed by atoms with E-state index in [9.17, 15) is 0 Å². The van der Waals surface area contributed by atoms with Gasteiger partial charge in [-0.05, 0) is 125 Å². The highest BCUT2D eigenvalue weighted by atomic mass is 28.5. The summed E-state index contributed by atoms with van der Waals surface area (Å²) in [5.41, 5.74) is 2.14. The Bertz CT molecular complexity index is 1020. The van der Waals surface area contributed by atoms with Crippen LogP contribution in [0.5, 0.6) is 0 Å². The first-order valence-corrected chi connectivity index (χ1v) is 26.2. The van der Waals surface area contributed by atoms with Crippen molar-refractivity contribution in [2.24, 2.45) is 47.3 Å². The van der Waals surface area contributed by atoms with E-state index in [2.05, 4.69) is 74.8 Å². The first kappa shape index (κ1) is 26.1. The van der Waals surface area contributed by atoms with E-state index >= 15 is 0 Å². The van der Waals surface area contributed by atoms with Crippen LogP contribution in [-0.4, -0.2) is 34.2 Å². The minimum absolute atomic E-state index is 0.535. The highest BCUT2D eigenvalue weighted by molar-refractivity contribution is 6.95. The minimum Gasteiger partial charge on any atom is -0.415 e. The third-order valence-electron chi connectivity index (χ3n) is 13.4. The minimum atomic E-state index is -2.64. The molecule has 0 N–H and O–H groups in total. The summed E-state index contributed by atoms with van der Waals surface area (Å²) in [7, 11) is -10.5. The normalized spacial score (nSPS) is 62.3. The molecule has 216 valence electrons. The second-order valence-electron chi connectivity index (χ2n) is 16.0. The van der Waals surface area contributed by atoms with E-state index in [1.807, 2.05) is 0 Å². The van der Waals surface area contributed by atoms with E-state index in [0.29, 0.717) is 45.8 Å².